The fourth-order valence-electron chi connectivity index (χ4n) is 1.04. The predicted molar refractivity (Wildman–Crippen MR) is 51.5 cm³/mol. The highest BCUT2D eigenvalue weighted by atomic mass is 19.1. The van der Waals surface area contributed by atoms with Gasteiger partial charge in [-0.2, -0.15) is 9.87 Å². The normalized spacial score (nSPS) is 10.3. The van der Waals surface area contributed by atoms with Crippen LogP contribution in [-0.2, 0) is 11.4 Å². The second-order valence-corrected chi connectivity index (χ2v) is 2.80. The summed E-state index contributed by atoms with van der Waals surface area (Å²) in [7, 11) is 0. The second kappa shape index (κ2) is 5.38. The van der Waals surface area contributed by atoms with Gasteiger partial charge in [0.2, 0.25) is 5.82 Å². The Hall–Kier alpha value is -1.53. The summed E-state index contributed by atoms with van der Waals surface area (Å²) in [6, 6.07) is 3.73. The van der Waals surface area contributed by atoms with E-state index in [1.54, 1.807) is 0 Å². The summed E-state index contributed by atoms with van der Waals surface area (Å²) in [5.41, 5.74) is 2.66. The molecule has 0 bridgehead atoms. The zero-order valence-corrected chi connectivity index (χ0v) is 8.20. The number of nitro benzene ring substituents is 1. The highest BCUT2D eigenvalue weighted by Gasteiger charge is 2.13. The number of halogens is 1. The maximum absolute atomic E-state index is 13.1. The van der Waals surface area contributed by atoms with E-state index >= 15 is 0 Å². The SMILES string of the molecule is CCONCc1ccc([N+](=O)[O-])c(F)c1. The van der Waals surface area contributed by atoms with Crippen LogP contribution in [0.1, 0.15) is 12.5 Å². The van der Waals surface area contributed by atoms with E-state index in [2.05, 4.69) is 5.48 Å². The number of rotatable bonds is 5. The van der Waals surface area contributed by atoms with Crippen LogP contribution in [0.4, 0.5) is 10.1 Å². The zero-order chi connectivity index (χ0) is 11.3. The van der Waals surface area contributed by atoms with E-state index < -0.39 is 16.4 Å². The molecule has 82 valence electrons. The van der Waals surface area contributed by atoms with Gasteiger partial charge in [0, 0.05) is 12.6 Å². The minimum absolute atomic E-state index is 0.308. The lowest BCUT2D eigenvalue weighted by Crippen LogP contribution is -2.13. The molecule has 0 saturated heterocycles. The van der Waals surface area contributed by atoms with Crippen molar-refractivity contribution in [1.29, 1.82) is 0 Å². The van der Waals surface area contributed by atoms with Gasteiger partial charge in [-0.05, 0) is 18.6 Å². The van der Waals surface area contributed by atoms with Crippen LogP contribution in [0.3, 0.4) is 0 Å². The van der Waals surface area contributed by atoms with E-state index in [4.69, 9.17) is 4.84 Å². The van der Waals surface area contributed by atoms with Gasteiger partial charge in [0.25, 0.3) is 0 Å². The fraction of sp³-hybridized carbons (Fsp3) is 0.333. The third-order valence-electron chi connectivity index (χ3n) is 1.73. The summed E-state index contributed by atoms with van der Waals surface area (Å²) in [6.07, 6.45) is 0. The lowest BCUT2D eigenvalue weighted by molar-refractivity contribution is -0.387. The summed E-state index contributed by atoms with van der Waals surface area (Å²) in [5, 5.41) is 10.3. The minimum atomic E-state index is -0.837. The van der Waals surface area contributed by atoms with E-state index in [1.807, 2.05) is 6.92 Å². The number of hydrogen-bond donors (Lipinski definition) is 1. The van der Waals surface area contributed by atoms with Crippen molar-refractivity contribution in [1.82, 2.24) is 5.48 Å². The molecule has 0 aromatic heterocycles. The molecule has 1 rings (SSSR count). The molecule has 1 N–H and O–H groups in total. The molecule has 0 aliphatic heterocycles. The molecule has 0 spiro atoms. The summed E-state index contributed by atoms with van der Waals surface area (Å²) in [5.74, 6) is -0.837. The summed E-state index contributed by atoms with van der Waals surface area (Å²) < 4.78 is 13.1. The number of nitro groups is 1. The van der Waals surface area contributed by atoms with Gasteiger partial charge in [-0.1, -0.05) is 6.07 Å². The third-order valence-corrected chi connectivity index (χ3v) is 1.73. The molecule has 0 fully saturated rings. The maximum Gasteiger partial charge on any atom is 0.304 e. The van der Waals surface area contributed by atoms with Gasteiger partial charge in [0.15, 0.2) is 0 Å². The van der Waals surface area contributed by atoms with Gasteiger partial charge in [-0.15, -0.1) is 0 Å². The first-order chi connectivity index (χ1) is 7.15. The van der Waals surface area contributed by atoms with E-state index in [0.717, 1.165) is 12.1 Å². The van der Waals surface area contributed by atoms with Crippen molar-refractivity contribution in [3.05, 3.63) is 39.7 Å². The molecule has 0 aliphatic rings. The number of nitrogens with zero attached hydrogens (tertiary/aromatic N) is 1. The van der Waals surface area contributed by atoms with Gasteiger partial charge in [0.1, 0.15) is 0 Å². The summed E-state index contributed by atoms with van der Waals surface area (Å²) >= 11 is 0. The predicted octanol–water partition coefficient (Wildman–Crippen LogP) is 1.78. The average Bonchev–Trinajstić information content (AvgIpc) is 2.17. The van der Waals surface area contributed by atoms with E-state index in [1.165, 1.54) is 6.07 Å². The number of hydrogen-bond acceptors (Lipinski definition) is 4. The highest BCUT2D eigenvalue weighted by Crippen LogP contribution is 2.17. The third kappa shape index (κ3) is 3.26. The molecule has 0 heterocycles. The molecule has 0 aliphatic carbocycles. The van der Waals surface area contributed by atoms with Crippen LogP contribution in [-0.4, -0.2) is 11.5 Å². The van der Waals surface area contributed by atoms with Crippen molar-refractivity contribution in [2.75, 3.05) is 6.61 Å². The van der Waals surface area contributed by atoms with Crippen LogP contribution in [0, 0.1) is 15.9 Å². The lowest BCUT2D eigenvalue weighted by atomic mass is 10.2. The first-order valence-corrected chi connectivity index (χ1v) is 4.42. The zero-order valence-electron chi connectivity index (χ0n) is 8.20. The molecule has 0 radical (unpaired) electrons. The largest absolute Gasteiger partial charge is 0.304 e. The lowest BCUT2D eigenvalue weighted by Gasteiger charge is -2.03. The van der Waals surface area contributed by atoms with E-state index in [-0.39, 0.29) is 0 Å². The quantitative estimate of drug-likeness (QED) is 0.461. The molecule has 0 atom stereocenters. The Bertz CT molecular complexity index is 357. The first-order valence-electron chi connectivity index (χ1n) is 4.42. The van der Waals surface area contributed by atoms with Gasteiger partial charge in [-0.3, -0.25) is 10.1 Å². The van der Waals surface area contributed by atoms with Crippen molar-refractivity contribution in [3.63, 3.8) is 0 Å². The first kappa shape index (κ1) is 11.5. The van der Waals surface area contributed by atoms with Crippen molar-refractivity contribution in [3.8, 4) is 0 Å². The van der Waals surface area contributed by atoms with Crippen LogP contribution >= 0.6 is 0 Å². The van der Waals surface area contributed by atoms with Crippen molar-refractivity contribution >= 4 is 5.69 Å². The van der Waals surface area contributed by atoms with E-state index in [9.17, 15) is 14.5 Å². The van der Waals surface area contributed by atoms with Crippen molar-refractivity contribution < 1.29 is 14.2 Å². The fourth-order valence-corrected chi connectivity index (χ4v) is 1.04. The molecule has 1 aromatic carbocycles. The Morgan fingerprint density at radius 1 is 1.60 bits per heavy atom. The Morgan fingerprint density at radius 3 is 2.87 bits per heavy atom. The molecule has 1 aromatic rings. The molecule has 0 unspecified atom stereocenters. The molecule has 6 heteroatoms. The second-order valence-electron chi connectivity index (χ2n) is 2.80. The van der Waals surface area contributed by atoms with Gasteiger partial charge in [-0.25, -0.2) is 0 Å². The Kier molecular flexibility index (Phi) is 4.14. The Labute approximate surface area is 86.0 Å². The topological polar surface area (TPSA) is 64.4 Å². The van der Waals surface area contributed by atoms with Crippen LogP contribution in [0.25, 0.3) is 0 Å². The maximum atomic E-state index is 13.1. The van der Waals surface area contributed by atoms with Crippen LogP contribution in [0.5, 0.6) is 0 Å². The molecule has 15 heavy (non-hydrogen) atoms. The summed E-state index contributed by atoms with van der Waals surface area (Å²) in [4.78, 5) is 14.4. The molecule has 0 amide bonds. The molecular weight excluding hydrogens is 203 g/mol. The highest BCUT2D eigenvalue weighted by molar-refractivity contribution is 5.34. The average molecular weight is 214 g/mol. The summed E-state index contributed by atoms with van der Waals surface area (Å²) in [6.45, 7) is 2.61. The van der Waals surface area contributed by atoms with Crippen LogP contribution < -0.4 is 5.48 Å². The number of hydroxylamine groups is 1. The van der Waals surface area contributed by atoms with Gasteiger partial charge in [0.05, 0.1) is 11.5 Å². The molecule has 0 saturated carbocycles. The number of nitrogens with one attached hydrogen (secondary N) is 1. The monoisotopic (exact) mass is 214 g/mol. The molecular formula is C9H11FN2O3. The Balaban J connectivity index is 2.69. The Morgan fingerprint density at radius 2 is 2.33 bits per heavy atom. The van der Waals surface area contributed by atoms with Crippen molar-refractivity contribution in [2.24, 2.45) is 0 Å². The van der Waals surface area contributed by atoms with Crippen LogP contribution in [0.2, 0.25) is 0 Å². The number of benzene rings is 1. The molecule has 5 nitrogen and oxygen atoms in total. The minimum Gasteiger partial charge on any atom is -0.302 e. The van der Waals surface area contributed by atoms with Crippen molar-refractivity contribution in [2.45, 2.75) is 13.5 Å². The van der Waals surface area contributed by atoms with Gasteiger partial charge < -0.3 is 4.84 Å². The van der Waals surface area contributed by atoms with Crippen LogP contribution in [0.15, 0.2) is 18.2 Å². The van der Waals surface area contributed by atoms with Gasteiger partial charge >= 0.3 is 5.69 Å². The smallest absolute Gasteiger partial charge is 0.302 e. The standard InChI is InChI=1S/C9H11FN2O3/c1-2-15-11-6-7-3-4-9(12(13)14)8(10)5-7/h3-5,11H,2,6H2,1H3. The van der Waals surface area contributed by atoms with E-state index in [0.29, 0.717) is 18.7 Å².